The second-order valence-corrected chi connectivity index (χ2v) is 9.60. The van der Waals surface area contributed by atoms with Crippen LogP contribution in [0, 0.1) is 0 Å². The molecule has 1 aromatic heterocycles. The third kappa shape index (κ3) is 5.80. The van der Waals surface area contributed by atoms with Crippen molar-refractivity contribution in [3.63, 3.8) is 0 Å². The number of fused-ring (bicyclic) bond motifs is 1. The van der Waals surface area contributed by atoms with Crippen molar-refractivity contribution in [3.05, 3.63) is 76.2 Å². The van der Waals surface area contributed by atoms with Crippen LogP contribution in [0.25, 0.3) is 0 Å². The summed E-state index contributed by atoms with van der Waals surface area (Å²) in [6, 6.07) is 8.56. The summed E-state index contributed by atoms with van der Waals surface area (Å²) in [4.78, 5) is 36.9. The first-order valence-electron chi connectivity index (χ1n) is 11.8. The first kappa shape index (κ1) is 26.3. The van der Waals surface area contributed by atoms with Crippen molar-refractivity contribution in [3.8, 4) is 11.5 Å². The molecule has 2 aromatic rings. The van der Waals surface area contributed by atoms with E-state index in [1.54, 1.807) is 53.5 Å². The highest BCUT2D eigenvalue weighted by atomic mass is 32.2. The van der Waals surface area contributed by atoms with E-state index in [2.05, 4.69) is 10.3 Å². The summed E-state index contributed by atoms with van der Waals surface area (Å²) in [6.45, 7) is 5.80. The maximum Gasteiger partial charge on any atom is 0.338 e. The van der Waals surface area contributed by atoms with Crippen molar-refractivity contribution in [1.29, 1.82) is 0 Å². The average Bonchev–Trinajstić information content (AvgIpc) is 3.28. The van der Waals surface area contributed by atoms with Gasteiger partial charge in [-0.25, -0.2) is 9.79 Å². The van der Waals surface area contributed by atoms with Gasteiger partial charge in [-0.1, -0.05) is 11.8 Å². The molecule has 9 nitrogen and oxygen atoms in total. The van der Waals surface area contributed by atoms with E-state index < -0.39 is 12.0 Å². The molecule has 0 radical (unpaired) electrons. The van der Waals surface area contributed by atoms with Gasteiger partial charge in [0.05, 0.1) is 44.1 Å². The van der Waals surface area contributed by atoms with E-state index in [9.17, 15) is 9.59 Å². The molecule has 0 saturated carbocycles. The van der Waals surface area contributed by atoms with Crippen LogP contribution in [0.1, 0.15) is 44.4 Å². The van der Waals surface area contributed by atoms with Crippen molar-refractivity contribution in [2.45, 2.75) is 45.9 Å². The van der Waals surface area contributed by atoms with Gasteiger partial charge >= 0.3 is 5.97 Å². The number of pyridine rings is 1. The van der Waals surface area contributed by atoms with Gasteiger partial charge in [-0.15, -0.1) is 0 Å². The van der Waals surface area contributed by atoms with E-state index in [1.807, 2.05) is 34.6 Å². The van der Waals surface area contributed by atoms with Crippen LogP contribution in [0.5, 0.6) is 11.5 Å². The molecule has 4 rings (SSSR count). The van der Waals surface area contributed by atoms with Crippen molar-refractivity contribution in [2.24, 2.45) is 4.99 Å². The Kier molecular flexibility index (Phi) is 8.17. The van der Waals surface area contributed by atoms with E-state index in [0.717, 1.165) is 16.8 Å². The normalized spacial score (nSPS) is 16.7. The summed E-state index contributed by atoms with van der Waals surface area (Å²) in [6.07, 6.45) is 3.18. The Bertz CT molecular complexity index is 1270. The molecule has 194 valence electrons. The van der Waals surface area contributed by atoms with Gasteiger partial charge in [0, 0.05) is 36.3 Å². The van der Waals surface area contributed by atoms with Gasteiger partial charge in [0.25, 0.3) is 0 Å². The number of rotatable bonds is 9. The fourth-order valence-electron chi connectivity index (χ4n) is 4.18. The molecule has 0 unspecified atom stereocenters. The number of aliphatic imine (C=N–C) groups is 1. The number of methoxy groups -OCH3 is 2. The molecule has 0 aliphatic carbocycles. The number of nitrogens with zero attached hydrogens (tertiary/aromatic N) is 3. The Morgan fingerprint density at radius 3 is 2.57 bits per heavy atom. The third-order valence-electron chi connectivity index (χ3n) is 5.88. The van der Waals surface area contributed by atoms with Gasteiger partial charge in [0.2, 0.25) is 5.91 Å². The van der Waals surface area contributed by atoms with Crippen molar-refractivity contribution in [2.75, 3.05) is 14.2 Å². The Morgan fingerprint density at radius 2 is 1.89 bits per heavy atom. The second kappa shape index (κ2) is 11.5. The first-order valence-corrected chi connectivity index (χ1v) is 12.7. The van der Waals surface area contributed by atoms with Crippen LogP contribution in [0.15, 0.2) is 70.1 Å². The molecule has 0 saturated heterocycles. The fourth-order valence-corrected chi connectivity index (χ4v) is 5.14. The molecule has 3 heterocycles. The molecule has 0 spiro atoms. The molecule has 37 heavy (non-hydrogen) atoms. The second-order valence-electron chi connectivity index (χ2n) is 8.76. The summed E-state index contributed by atoms with van der Waals surface area (Å²) < 4.78 is 16.7. The van der Waals surface area contributed by atoms with E-state index in [4.69, 9.17) is 19.2 Å². The van der Waals surface area contributed by atoms with E-state index >= 15 is 0 Å². The van der Waals surface area contributed by atoms with Crippen LogP contribution in [0.4, 0.5) is 0 Å². The van der Waals surface area contributed by atoms with Crippen LogP contribution in [0.3, 0.4) is 0 Å². The summed E-state index contributed by atoms with van der Waals surface area (Å²) in [5, 5.41) is 5.53. The minimum Gasteiger partial charge on any atom is -0.497 e. The summed E-state index contributed by atoms with van der Waals surface area (Å²) in [5.74, 6) is 0.561. The number of carbonyl (C=O) groups is 2. The van der Waals surface area contributed by atoms with Crippen molar-refractivity contribution < 1.29 is 23.8 Å². The Hall–Kier alpha value is -3.79. The predicted molar refractivity (Wildman–Crippen MR) is 142 cm³/mol. The van der Waals surface area contributed by atoms with Crippen LogP contribution < -0.4 is 14.8 Å². The highest BCUT2D eigenvalue weighted by Crippen LogP contribution is 2.47. The number of ether oxygens (including phenoxy) is 3. The van der Waals surface area contributed by atoms with Gasteiger partial charge in [0.1, 0.15) is 11.5 Å². The number of esters is 1. The van der Waals surface area contributed by atoms with E-state index in [-0.39, 0.29) is 18.4 Å². The third-order valence-corrected chi connectivity index (χ3v) is 6.77. The van der Waals surface area contributed by atoms with Gasteiger partial charge in [-0.05, 0) is 56.0 Å². The maximum atomic E-state index is 13.4. The number of hydrogen-bond acceptors (Lipinski definition) is 9. The number of carbonyl (C=O) groups excluding carboxylic acids is 2. The quantitative estimate of drug-likeness (QED) is 0.486. The molecule has 1 aromatic carbocycles. The van der Waals surface area contributed by atoms with Gasteiger partial charge < -0.3 is 24.4 Å². The lowest BCUT2D eigenvalue weighted by molar-refractivity contribution is -0.143. The van der Waals surface area contributed by atoms with Crippen LogP contribution in [-0.4, -0.2) is 47.3 Å². The topological polar surface area (TPSA) is 102 Å². The van der Waals surface area contributed by atoms with Crippen molar-refractivity contribution >= 4 is 28.8 Å². The highest BCUT2D eigenvalue weighted by molar-refractivity contribution is 8.16. The monoisotopic (exact) mass is 522 g/mol. The highest BCUT2D eigenvalue weighted by Gasteiger charge is 2.42. The number of nitrogens with one attached hydrogen (secondary N) is 1. The smallest absolute Gasteiger partial charge is 0.338 e. The molecule has 1 N–H and O–H groups in total. The zero-order valence-electron chi connectivity index (χ0n) is 21.5. The van der Waals surface area contributed by atoms with Gasteiger partial charge in [-0.3, -0.25) is 9.78 Å². The number of thioether (sulfide) groups is 1. The van der Waals surface area contributed by atoms with Gasteiger partial charge in [0.15, 0.2) is 5.17 Å². The van der Waals surface area contributed by atoms with Crippen LogP contribution >= 0.6 is 11.8 Å². The number of hydrogen-bond donors (Lipinski definition) is 1. The molecule has 0 fully saturated rings. The van der Waals surface area contributed by atoms with Crippen molar-refractivity contribution in [1.82, 2.24) is 15.2 Å². The SMILES string of the molecule is COc1ccc([C@H]2C(C(=O)OC(C)C)=C(C)N=C3SC=C(CC(=O)NCc4ccncc4)N32)c(OC)c1. The molecular formula is C27H30N4O5S. The van der Waals surface area contributed by atoms with E-state index in [1.165, 1.54) is 11.8 Å². The summed E-state index contributed by atoms with van der Waals surface area (Å²) >= 11 is 1.42. The predicted octanol–water partition coefficient (Wildman–Crippen LogP) is 4.33. The standard InChI is InChI=1S/C27H30N4O5S/c1-16(2)36-26(33)24-17(3)30-27-31(25(24)21-7-6-20(34-4)13-22(21)35-5)19(15-37-27)12-23(32)29-14-18-8-10-28-11-9-18/h6-11,13,15-16,25H,12,14H2,1-5H3,(H,29,32)/t25-/m0/s1. The number of benzene rings is 1. The Labute approximate surface area is 220 Å². The molecule has 0 bridgehead atoms. The average molecular weight is 523 g/mol. The molecule has 2 aliphatic heterocycles. The summed E-state index contributed by atoms with van der Waals surface area (Å²) in [7, 11) is 3.15. The number of amides is 1. The number of amidine groups is 1. The lowest BCUT2D eigenvalue weighted by Gasteiger charge is -2.37. The largest absolute Gasteiger partial charge is 0.497 e. The molecular weight excluding hydrogens is 492 g/mol. The summed E-state index contributed by atoms with van der Waals surface area (Å²) in [5.41, 5.74) is 3.37. The first-order chi connectivity index (χ1) is 17.8. The Morgan fingerprint density at radius 1 is 1.14 bits per heavy atom. The lowest BCUT2D eigenvalue weighted by Crippen LogP contribution is -2.38. The minimum absolute atomic E-state index is 0.109. The minimum atomic E-state index is -0.603. The Balaban J connectivity index is 1.68. The fraction of sp³-hybridized carbons (Fsp3) is 0.333. The maximum absolute atomic E-state index is 13.4. The molecule has 2 aliphatic rings. The lowest BCUT2D eigenvalue weighted by atomic mass is 9.93. The number of aromatic nitrogens is 1. The zero-order valence-corrected chi connectivity index (χ0v) is 22.3. The van der Waals surface area contributed by atoms with Crippen LogP contribution in [-0.2, 0) is 20.9 Å². The zero-order chi connectivity index (χ0) is 26.5. The van der Waals surface area contributed by atoms with E-state index in [0.29, 0.717) is 34.5 Å². The molecule has 1 atom stereocenters. The molecule has 1 amide bonds. The number of allylic oxidation sites excluding steroid dienone is 1. The van der Waals surface area contributed by atoms with Crippen LogP contribution in [0.2, 0.25) is 0 Å². The van der Waals surface area contributed by atoms with Gasteiger partial charge in [-0.2, -0.15) is 0 Å². The molecule has 10 heteroatoms.